The summed E-state index contributed by atoms with van der Waals surface area (Å²) in [6, 6.07) is 0. The van der Waals surface area contributed by atoms with E-state index in [1.54, 1.807) is 17.1 Å². The van der Waals surface area contributed by atoms with Crippen molar-refractivity contribution in [3.63, 3.8) is 0 Å². The number of carbonyl (C=O) groups is 1. The molecule has 0 unspecified atom stereocenters. The van der Waals surface area contributed by atoms with Crippen LogP contribution in [0.1, 0.15) is 42.6 Å². The Labute approximate surface area is 113 Å². The molecule has 6 heteroatoms. The molecule has 0 aromatic carbocycles. The zero-order valence-electron chi connectivity index (χ0n) is 11.1. The first-order valence-corrected chi connectivity index (χ1v) is 6.84. The summed E-state index contributed by atoms with van der Waals surface area (Å²) in [4.78, 5) is 16.2. The molecule has 106 valence electrons. The fraction of sp³-hybridized carbons (Fsp3) is 0.692. The van der Waals surface area contributed by atoms with E-state index in [9.17, 15) is 9.90 Å². The molecule has 1 aromatic rings. The molecular formula is C13H22N4O2. The molecule has 1 aromatic heterocycles. The van der Waals surface area contributed by atoms with Gasteiger partial charge in [-0.15, -0.1) is 0 Å². The lowest BCUT2D eigenvalue weighted by atomic mass is 9.82. The Morgan fingerprint density at radius 1 is 1.47 bits per heavy atom. The van der Waals surface area contributed by atoms with Crippen LogP contribution in [0.25, 0.3) is 0 Å². The topological polar surface area (TPSA) is 93.2 Å². The lowest BCUT2D eigenvalue weighted by Gasteiger charge is -2.36. The largest absolute Gasteiger partial charge is 0.394 e. The summed E-state index contributed by atoms with van der Waals surface area (Å²) in [5.41, 5.74) is 5.37. The van der Waals surface area contributed by atoms with Crippen LogP contribution >= 0.6 is 0 Å². The van der Waals surface area contributed by atoms with E-state index in [0.717, 1.165) is 25.7 Å². The van der Waals surface area contributed by atoms with Gasteiger partial charge in [0.2, 0.25) is 0 Å². The Hall–Kier alpha value is -1.40. The monoisotopic (exact) mass is 266 g/mol. The van der Waals surface area contributed by atoms with Crippen molar-refractivity contribution in [3.05, 3.63) is 18.2 Å². The number of imidazole rings is 1. The molecule has 1 amide bonds. The third-order valence-electron chi connectivity index (χ3n) is 3.75. The standard InChI is InChI=1S/C13H22N4O2/c14-6-7-17-8-11(15-10-17)12(19)16-13(9-18)4-2-1-3-5-13/h8,10,18H,1-7,9,14H2,(H,16,19). The molecule has 6 nitrogen and oxygen atoms in total. The number of nitrogens with one attached hydrogen (secondary N) is 1. The first-order chi connectivity index (χ1) is 9.19. The van der Waals surface area contributed by atoms with Crippen molar-refractivity contribution in [2.24, 2.45) is 5.73 Å². The van der Waals surface area contributed by atoms with Crippen molar-refractivity contribution >= 4 is 5.91 Å². The lowest BCUT2D eigenvalue weighted by Crippen LogP contribution is -2.52. The van der Waals surface area contributed by atoms with Crippen LogP contribution in [-0.2, 0) is 6.54 Å². The molecule has 1 aliphatic carbocycles. The van der Waals surface area contributed by atoms with Crippen molar-refractivity contribution in [2.75, 3.05) is 13.2 Å². The van der Waals surface area contributed by atoms with Crippen LogP contribution in [0.5, 0.6) is 0 Å². The van der Waals surface area contributed by atoms with E-state index in [4.69, 9.17) is 5.73 Å². The summed E-state index contributed by atoms with van der Waals surface area (Å²) in [6.07, 6.45) is 8.22. The summed E-state index contributed by atoms with van der Waals surface area (Å²) in [5, 5.41) is 12.5. The zero-order chi connectivity index (χ0) is 13.7. The van der Waals surface area contributed by atoms with Crippen LogP contribution in [0.2, 0.25) is 0 Å². The number of carbonyl (C=O) groups excluding carboxylic acids is 1. The molecule has 4 N–H and O–H groups in total. The molecule has 1 aliphatic rings. The third-order valence-corrected chi connectivity index (χ3v) is 3.75. The maximum absolute atomic E-state index is 12.2. The number of nitrogens with two attached hydrogens (primary N) is 1. The molecular weight excluding hydrogens is 244 g/mol. The number of rotatable bonds is 5. The van der Waals surface area contributed by atoms with Crippen LogP contribution in [0, 0.1) is 0 Å². The predicted molar refractivity (Wildman–Crippen MR) is 71.6 cm³/mol. The molecule has 19 heavy (non-hydrogen) atoms. The maximum Gasteiger partial charge on any atom is 0.271 e. The van der Waals surface area contributed by atoms with Gasteiger partial charge in [0.05, 0.1) is 18.5 Å². The van der Waals surface area contributed by atoms with Gasteiger partial charge in [-0.25, -0.2) is 4.98 Å². The summed E-state index contributed by atoms with van der Waals surface area (Å²) >= 11 is 0. The second-order valence-electron chi connectivity index (χ2n) is 5.24. The highest BCUT2D eigenvalue weighted by molar-refractivity contribution is 5.92. The summed E-state index contributed by atoms with van der Waals surface area (Å²) < 4.78 is 1.79. The molecule has 1 saturated carbocycles. The maximum atomic E-state index is 12.2. The average Bonchev–Trinajstić information content (AvgIpc) is 2.89. The minimum Gasteiger partial charge on any atom is -0.394 e. The summed E-state index contributed by atoms with van der Waals surface area (Å²) in [6.45, 7) is 1.14. The first kappa shape index (κ1) is 14.0. The average molecular weight is 266 g/mol. The smallest absolute Gasteiger partial charge is 0.271 e. The number of hydrogen-bond donors (Lipinski definition) is 3. The molecule has 0 atom stereocenters. The van der Waals surface area contributed by atoms with E-state index in [-0.39, 0.29) is 12.5 Å². The number of nitrogens with zero attached hydrogens (tertiary/aromatic N) is 2. The Kier molecular flexibility index (Phi) is 4.55. The Balaban J connectivity index is 2.02. The van der Waals surface area contributed by atoms with Gasteiger partial charge in [0.15, 0.2) is 0 Å². The molecule has 0 radical (unpaired) electrons. The number of aromatic nitrogens is 2. The minimum absolute atomic E-state index is 0.0117. The van der Waals surface area contributed by atoms with Crippen LogP contribution in [0.15, 0.2) is 12.5 Å². The van der Waals surface area contributed by atoms with Crippen LogP contribution < -0.4 is 11.1 Å². The SMILES string of the molecule is NCCn1cnc(C(=O)NC2(CO)CCCCC2)c1. The van der Waals surface area contributed by atoms with E-state index in [1.165, 1.54) is 6.42 Å². The number of aliphatic hydroxyl groups excluding tert-OH is 1. The van der Waals surface area contributed by atoms with Gasteiger partial charge in [0.25, 0.3) is 5.91 Å². The van der Waals surface area contributed by atoms with Crippen molar-refractivity contribution < 1.29 is 9.90 Å². The van der Waals surface area contributed by atoms with Gasteiger partial charge < -0.3 is 20.7 Å². The molecule has 2 rings (SSSR count). The highest BCUT2D eigenvalue weighted by Gasteiger charge is 2.33. The highest BCUT2D eigenvalue weighted by Crippen LogP contribution is 2.27. The third kappa shape index (κ3) is 3.33. The zero-order valence-corrected chi connectivity index (χ0v) is 11.1. The Morgan fingerprint density at radius 2 is 2.21 bits per heavy atom. The number of aliphatic hydroxyl groups is 1. The van der Waals surface area contributed by atoms with Crippen LogP contribution in [0.4, 0.5) is 0 Å². The fourth-order valence-corrected chi connectivity index (χ4v) is 2.60. The molecule has 0 saturated heterocycles. The molecule has 1 fully saturated rings. The molecule has 1 heterocycles. The van der Waals surface area contributed by atoms with E-state index < -0.39 is 5.54 Å². The van der Waals surface area contributed by atoms with Crippen molar-refractivity contribution in [3.8, 4) is 0 Å². The lowest BCUT2D eigenvalue weighted by molar-refractivity contribution is 0.0754. The summed E-state index contributed by atoms with van der Waals surface area (Å²) in [5.74, 6) is -0.216. The number of hydrogen-bond acceptors (Lipinski definition) is 4. The van der Waals surface area contributed by atoms with E-state index in [0.29, 0.717) is 18.8 Å². The van der Waals surface area contributed by atoms with Gasteiger partial charge in [-0.2, -0.15) is 0 Å². The van der Waals surface area contributed by atoms with Gasteiger partial charge >= 0.3 is 0 Å². The van der Waals surface area contributed by atoms with E-state index in [2.05, 4.69) is 10.3 Å². The molecule has 0 bridgehead atoms. The van der Waals surface area contributed by atoms with Crippen molar-refractivity contribution in [1.29, 1.82) is 0 Å². The highest BCUT2D eigenvalue weighted by atomic mass is 16.3. The quantitative estimate of drug-likeness (QED) is 0.713. The molecule has 0 aliphatic heterocycles. The Bertz CT molecular complexity index is 424. The van der Waals surface area contributed by atoms with E-state index >= 15 is 0 Å². The van der Waals surface area contributed by atoms with Gasteiger partial charge in [-0.05, 0) is 12.8 Å². The fourth-order valence-electron chi connectivity index (χ4n) is 2.60. The van der Waals surface area contributed by atoms with Gasteiger partial charge in [0, 0.05) is 19.3 Å². The number of amides is 1. The van der Waals surface area contributed by atoms with Gasteiger partial charge in [-0.3, -0.25) is 4.79 Å². The van der Waals surface area contributed by atoms with Crippen molar-refractivity contribution in [2.45, 2.75) is 44.2 Å². The second kappa shape index (κ2) is 6.16. The van der Waals surface area contributed by atoms with E-state index in [1.807, 2.05) is 0 Å². The summed E-state index contributed by atoms with van der Waals surface area (Å²) in [7, 11) is 0. The van der Waals surface area contributed by atoms with Gasteiger partial charge in [0.1, 0.15) is 5.69 Å². The van der Waals surface area contributed by atoms with Gasteiger partial charge in [-0.1, -0.05) is 19.3 Å². The van der Waals surface area contributed by atoms with Crippen LogP contribution in [-0.4, -0.2) is 39.3 Å². The Morgan fingerprint density at radius 3 is 2.84 bits per heavy atom. The van der Waals surface area contributed by atoms with Crippen LogP contribution in [0.3, 0.4) is 0 Å². The normalized spacial score (nSPS) is 18.2. The predicted octanol–water partition coefficient (Wildman–Crippen LogP) is 0.267. The first-order valence-electron chi connectivity index (χ1n) is 6.84. The second-order valence-corrected chi connectivity index (χ2v) is 5.24. The minimum atomic E-state index is -0.465. The van der Waals surface area contributed by atoms with Crippen molar-refractivity contribution in [1.82, 2.24) is 14.9 Å². The molecule has 0 spiro atoms.